The number of likely N-dealkylation sites (tertiary alicyclic amines) is 1. The molecule has 4 heterocycles. The van der Waals surface area contributed by atoms with Crippen molar-refractivity contribution in [2.75, 3.05) is 19.7 Å². The Bertz CT molecular complexity index is 805. The molecule has 8 nitrogen and oxygen atoms in total. The minimum Gasteiger partial charge on any atom is -0.388 e. The first kappa shape index (κ1) is 20.0. The predicted molar refractivity (Wildman–Crippen MR) is 107 cm³/mol. The lowest BCUT2D eigenvalue weighted by Gasteiger charge is -2.53. The zero-order valence-corrected chi connectivity index (χ0v) is 16.8. The first-order valence-electron chi connectivity index (χ1n) is 10.2. The van der Waals surface area contributed by atoms with E-state index in [2.05, 4.69) is 20.3 Å². The molecule has 1 spiro atoms. The van der Waals surface area contributed by atoms with Gasteiger partial charge in [-0.3, -0.25) is 19.4 Å². The number of ether oxygens (including phenoxy) is 1. The molecule has 2 aliphatic rings. The number of piperidine rings is 1. The highest BCUT2D eigenvalue weighted by atomic mass is 16.5. The van der Waals surface area contributed by atoms with Crippen LogP contribution in [0.3, 0.4) is 0 Å². The Morgan fingerprint density at radius 1 is 1.28 bits per heavy atom. The second-order valence-corrected chi connectivity index (χ2v) is 8.33. The third-order valence-electron chi connectivity index (χ3n) is 6.22. The molecule has 2 aliphatic heterocycles. The van der Waals surface area contributed by atoms with E-state index in [9.17, 15) is 9.90 Å². The maximum atomic E-state index is 12.5. The highest BCUT2D eigenvalue weighted by Crippen LogP contribution is 2.40. The average Bonchev–Trinajstić information content (AvgIpc) is 3.21. The molecule has 1 amide bonds. The van der Waals surface area contributed by atoms with E-state index in [0.29, 0.717) is 13.0 Å². The third kappa shape index (κ3) is 4.34. The van der Waals surface area contributed by atoms with Crippen LogP contribution in [0.2, 0.25) is 0 Å². The quantitative estimate of drug-likeness (QED) is 0.778. The van der Waals surface area contributed by atoms with Crippen molar-refractivity contribution in [1.29, 1.82) is 0 Å². The van der Waals surface area contributed by atoms with Crippen molar-refractivity contribution in [1.82, 2.24) is 25.0 Å². The standard InChI is InChI=1S/C21H29N5O3/c1-20(24-18(27)16-26-11-4-10-23-26)8-14-29-21(19(20)28)6-12-25(13-7-21)15-17-5-2-3-9-22-17/h2-5,9-11,19,28H,6-8,12-16H2,1H3,(H,24,27)/t19-,20+/m1/s1. The molecule has 0 bridgehead atoms. The Kier molecular flexibility index (Phi) is 5.67. The molecule has 0 aliphatic carbocycles. The Morgan fingerprint density at radius 2 is 2.10 bits per heavy atom. The lowest BCUT2D eigenvalue weighted by atomic mass is 9.73. The first-order valence-corrected chi connectivity index (χ1v) is 10.2. The molecule has 0 saturated carbocycles. The Balaban J connectivity index is 1.37. The summed E-state index contributed by atoms with van der Waals surface area (Å²) in [5, 5.41) is 18.4. The van der Waals surface area contributed by atoms with Crippen molar-refractivity contribution in [3.8, 4) is 0 Å². The summed E-state index contributed by atoms with van der Waals surface area (Å²) in [5.74, 6) is -0.153. The van der Waals surface area contributed by atoms with Crippen LogP contribution in [0, 0.1) is 0 Å². The minimum atomic E-state index is -0.762. The lowest BCUT2D eigenvalue weighted by molar-refractivity contribution is -0.208. The van der Waals surface area contributed by atoms with E-state index < -0.39 is 17.2 Å². The summed E-state index contributed by atoms with van der Waals surface area (Å²) < 4.78 is 7.72. The predicted octanol–water partition coefficient (Wildman–Crippen LogP) is 0.969. The van der Waals surface area contributed by atoms with Gasteiger partial charge in [-0.1, -0.05) is 6.07 Å². The van der Waals surface area contributed by atoms with Gasteiger partial charge in [0.15, 0.2) is 0 Å². The van der Waals surface area contributed by atoms with Gasteiger partial charge in [-0.2, -0.15) is 5.10 Å². The maximum Gasteiger partial charge on any atom is 0.242 e. The molecule has 156 valence electrons. The second-order valence-electron chi connectivity index (χ2n) is 8.33. The molecular weight excluding hydrogens is 370 g/mol. The lowest BCUT2D eigenvalue weighted by Crippen LogP contribution is -2.69. The number of carbonyl (C=O) groups excluding carboxylic acids is 1. The van der Waals surface area contributed by atoms with Crippen molar-refractivity contribution in [3.05, 3.63) is 48.5 Å². The Labute approximate surface area is 170 Å². The number of aliphatic hydroxyl groups excluding tert-OH is 1. The molecule has 2 fully saturated rings. The largest absolute Gasteiger partial charge is 0.388 e. The number of pyridine rings is 1. The first-order chi connectivity index (χ1) is 14.0. The van der Waals surface area contributed by atoms with Crippen LogP contribution in [-0.2, 0) is 22.6 Å². The van der Waals surface area contributed by atoms with E-state index in [-0.39, 0.29) is 12.5 Å². The van der Waals surface area contributed by atoms with Crippen LogP contribution in [0.15, 0.2) is 42.9 Å². The number of aliphatic hydroxyl groups is 1. The Morgan fingerprint density at radius 3 is 2.79 bits per heavy atom. The normalized spacial score (nSPS) is 27.0. The zero-order chi connectivity index (χ0) is 20.3. The fourth-order valence-corrected chi connectivity index (χ4v) is 4.52. The highest BCUT2D eigenvalue weighted by molar-refractivity contribution is 5.76. The van der Waals surface area contributed by atoms with E-state index >= 15 is 0 Å². The summed E-state index contributed by atoms with van der Waals surface area (Å²) >= 11 is 0. The smallest absolute Gasteiger partial charge is 0.242 e. The summed E-state index contributed by atoms with van der Waals surface area (Å²) in [7, 11) is 0. The number of rotatable bonds is 5. The van der Waals surface area contributed by atoms with Crippen LogP contribution in [0.4, 0.5) is 0 Å². The van der Waals surface area contributed by atoms with Gasteiger partial charge in [0, 0.05) is 44.8 Å². The van der Waals surface area contributed by atoms with E-state index in [1.54, 1.807) is 23.1 Å². The number of carbonyl (C=O) groups is 1. The number of hydrogen-bond acceptors (Lipinski definition) is 6. The molecular formula is C21H29N5O3. The number of amides is 1. The summed E-state index contributed by atoms with van der Waals surface area (Å²) in [5.41, 5.74) is -0.289. The molecule has 2 aromatic heterocycles. The minimum absolute atomic E-state index is 0.140. The van der Waals surface area contributed by atoms with Gasteiger partial charge in [-0.05, 0) is 44.4 Å². The van der Waals surface area contributed by atoms with Gasteiger partial charge in [0.25, 0.3) is 0 Å². The highest BCUT2D eigenvalue weighted by Gasteiger charge is 2.53. The molecule has 0 aromatic carbocycles. The molecule has 8 heteroatoms. The van der Waals surface area contributed by atoms with Gasteiger partial charge >= 0.3 is 0 Å². The van der Waals surface area contributed by atoms with Gasteiger partial charge in [0.1, 0.15) is 12.6 Å². The third-order valence-corrected chi connectivity index (χ3v) is 6.22. The van der Waals surface area contributed by atoms with Gasteiger partial charge in [-0.25, -0.2) is 0 Å². The van der Waals surface area contributed by atoms with Crippen LogP contribution in [-0.4, -0.2) is 67.6 Å². The molecule has 0 unspecified atom stereocenters. The van der Waals surface area contributed by atoms with Crippen LogP contribution < -0.4 is 5.32 Å². The van der Waals surface area contributed by atoms with E-state index in [1.165, 1.54) is 0 Å². The summed E-state index contributed by atoms with van der Waals surface area (Å²) in [6.07, 6.45) is 6.48. The van der Waals surface area contributed by atoms with Crippen LogP contribution in [0.5, 0.6) is 0 Å². The molecule has 0 radical (unpaired) electrons. The van der Waals surface area contributed by atoms with Crippen molar-refractivity contribution in [3.63, 3.8) is 0 Å². The number of nitrogens with one attached hydrogen (secondary N) is 1. The van der Waals surface area contributed by atoms with Crippen molar-refractivity contribution >= 4 is 5.91 Å². The second kappa shape index (κ2) is 8.22. The van der Waals surface area contributed by atoms with Gasteiger partial charge in [0.05, 0.1) is 16.8 Å². The monoisotopic (exact) mass is 399 g/mol. The zero-order valence-electron chi connectivity index (χ0n) is 16.8. The van der Waals surface area contributed by atoms with E-state index in [0.717, 1.165) is 38.2 Å². The summed E-state index contributed by atoms with van der Waals surface area (Å²) in [6.45, 7) is 5.03. The van der Waals surface area contributed by atoms with Crippen molar-refractivity contribution < 1.29 is 14.6 Å². The van der Waals surface area contributed by atoms with Gasteiger partial charge in [0.2, 0.25) is 5.91 Å². The van der Waals surface area contributed by atoms with Crippen LogP contribution >= 0.6 is 0 Å². The van der Waals surface area contributed by atoms with Gasteiger partial charge < -0.3 is 15.2 Å². The fourth-order valence-electron chi connectivity index (χ4n) is 4.52. The van der Waals surface area contributed by atoms with E-state index in [4.69, 9.17) is 4.74 Å². The van der Waals surface area contributed by atoms with Crippen LogP contribution in [0.25, 0.3) is 0 Å². The van der Waals surface area contributed by atoms with Crippen LogP contribution in [0.1, 0.15) is 31.9 Å². The molecule has 2 saturated heterocycles. The molecule has 2 aromatic rings. The number of aromatic nitrogens is 3. The average molecular weight is 399 g/mol. The number of hydrogen-bond donors (Lipinski definition) is 2. The number of nitrogens with zero attached hydrogens (tertiary/aromatic N) is 4. The Hall–Kier alpha value is -2.29. The summed E-state index contributed by atoms with van der Waals surface area (Å²) in [6, 6.07) is 7.73. The SMILES string of the molecule is C[C@]1(NC(=O)Cn2cccn2)CCOC2(CCN(Cc3ccccn3)CC2)[C@@H]1O. The van der Waals surface area contributed by atoms with Crippen molar-refractivity contribution in [2.45, 2.75) is 56.5 Å². The molecule has 2 N–H and O–H groups in total. The molecule has 2 atom stereocenters. The van der Waals surface area contributed by atoms with Crippen molar-refractivity contribution in [2.24, 2.45) is 0 Å². The van der Waals surface area contributed by atoms with E-state index in [1.807, 2.05) is 31.3 Å². The van der Waals surface area contributed by atoms with Gasteiger partial charge in [-0.15, -0.1) is 0 Å². The topological polar surface area (TPSA) is 92.5 Å². The fraction of sp³-hybridized carbons (Fsp3) is 0.571. The summed E-state index contributed by atoms with van der Waals surface area (Å²) in [4.78, 5) is 19.3. The molecule has 29 heavy (non-hydrogen) atoms. The maximum absolute atomic E-state index is 12.5. The molecule has 4 rings (SSSR count).